The zero-order chi connectivity index (χ0) is 14.0. The molecule has 0 atom stereocenters. The van der Waals surface area contributed by atoms with Crippen molar-refractivity contribution in [3.8, 4) is 11.4 Å². The summed E-state index contributed by atoms with van der Waals surface area (Å²) in [5.74, 6) is 0.605. The molecule has 0 aliphatic heterocycles. The summed E-state index contributed by atoms with van der Waals surface area (Å²) in [6.45, 7) is 4.35. The summed E-state index contributed by atoms with van der Waals surface area (Å²) in [7, 11) is 1.59. The number of hydrogen-bond donors (Lipinski definition) is 1. The van der Waals surface area contributed by atoms with Crippen LogP contribution in [0.25, 0.3) is 11.4 Å². The van der Waals surface area contributed by atoms with E-state index in [2.05, 4.69) is 9.97 Å². The van der Waals surface area contributed by atoms with E-state index in [-0.39, 0.29) is 5.56 Å². The number of H-pyrrole nitrogens is 1. The van der Waals surface area contributed by atoms with Crippen molar-refractivity contribution in [2.24, 2.45) is 0 Å². The Kier molecular flexibility index (Phi) is 4.36. The largest absolute Gasteiger partial charge is 0.378 e. The van der Waals surface area contributed by atoms with E-state index in [1.165, 1.54) is 0 Å². The molecular formula is C14H15IN2O2. The number of hydrogen-bond acceptors (Lipinski definition) is 3. The van der Waals surface area contributed by atoms with E-state index in [0.717, 1.165) is 16.7 Å². The van der Waals surface area contributed by atoms with Gasteiger partial charge >= 0.3 is 0 Å². The molecule has 1 heterocycles. The van der Waals surface area contributed by atoms with Gasteiger partial charge in [0.2, 0.25) is 0 Å². The minimum absolute atomic E-state index is 0.125. The predicted octanol–water partition coefficient (Wildman–Crippen LogP) is 2.80. The first-order valence-electron chi connectivity index (χ1n) is 5.88. The monoisotopic (exact) mass is 370 g/mol. The summed E-state index contributed by atoms with van der Waals surface area (Å²) in [5, 5.41) is 0. The van der Waals surface area contributed by atoms with Gasteiger partial charge in [-0.2, -0.15) is 0 Å². The maximum absolute atomic E-state index is 12.0. The number of aromatic amines is 1. The van der Waals surface area contributed by atoms with Crippen LogP contribution < -0.4 is 5.56 Å². The van der Waals surface area contributed by atoms with E-state index < -0.39 is 0 Å². The van der Waals surface area contributed by atoms with Crippen molar-refractivity contribution in [2.75, 3.05) is 7.11 Å². The van der Waals surface area contributed by atoms with Crippen molar-refractivity contribution in [1.82, 2.24) is 9.97 Å². The van der Waals surface area contributed by atoms with Crippen molar-refractivity contribution >= 4 is 22.6 Å². The van der Waals surface area contributed by atoms with E-state index in [1.54, 1.807) is 7.11 Å². The van der Waals surface area contributed by atoms with E-state index in [4.69, 9.17) is 4.74 Å². The van der Waals surface area contributed by atoms with E-state index >= 15 is 0 Å². The Morgan fingerprint density at radius 1 is 1.32 bits per heavy atom. The van der Waals surface area contributed by atoms with E-state index in [0.29, 0.717) is 21.7 Å². The maximum Gasteiger partial charge on any atom is 0.264 e. The molecule has 0 bridgehead atoms. The van der Waals surface area contributed by atoms with E-state index in [1.807, 2.05) is 54.6 Å². The first-order valence-corrected chi connectivity index (χ1v) is 6.96. The number of ether oxygens (including phenoxy) is 1. The third-order valence-corrected chi connectivity index (χ3v) is 4.04. The van der Waals surface area contributed by atoms with Crippen LogP contribution in [0.1, 0.15) is 16.8 Å². The lowest BCUT2D eigenvalue weighted by Gasteiger charge is -2.11. The van der Waals surface area contributed by atoms with Crippen LogP contribution in [0.5, 0.6) is 0 Å². The van der Waals surface area contributed by atoms with Gasteiger partial charge in [-0.25, -0.2) is 4.98 Å². The van der Waals surface area contributed by atoms with Gasteiger partial charge in [-0.15, -0.1) is 0 Å². The number of rotatable bonds is 3. The first-order chi connectivity index (χ1) is 9.04. The standard InChI is InChI=1S/C14H15IN2O2/c1-8-5-4-6-9(2)11(8)13-16-10(7-19-3)12(15)14(18)17-13/h4-6H,7H2,1-3H3,(H,16,17,18). The molecule has 100 valence electrons. The highest BCUT2D eigenvalue weighted by Gasteiger charge is 2.13. The highest BCUT2D eigenvalue weighted by Crippen LogP contribution is 2.23. The second kappa shape index (κ2) is 5.83. The lowest BCUT2D eigenvalue weighted by molar-refractivity contribution is 0.180. The minimum atomic E-state index is -0.125. The summed E-state index contributed by atoms with van der Waals surface area (Å²) in [4.78, 5) is 19.3. The van der Waals surface area contributed by atoms with Crippen LogP contribution in [0.15, 0.2) is 23.0 Å². The quantitative estimate of drug-likeness (QED) is 0.846. The van der Waals surface area contributed by atoms with Gasteiger partial charge in [-0.05, 0) is 47.6 Å². The Bertz CT molecular complexity index is 645. The van der Waals surface area contributed by atoms with Crippen molar-refractivity contribution in [1.29, 1.82) is 0 Å². The molecule has 19 heavy (non-hydrogen) atoms. The summed E-state index contributed by atoms with van der Waals surface area (Å²) < 4.78 is 5.67. The number of nitrogens with one attached hydrogen (secondary N) is 1. The number of aromatic nitrogens is 2. The molecule has 0 fully saturated rings. The molecular weight excluding hydrogens is 355 g/mol. The summed E-state index contributed by atoms with van der Waals surface area (Å²) in [6, 6.07) is 6.02. The van der Waals surface area contributed by atoms with Gasteiger partial charge in [0.05, 0.1) is 12.3 Å². The fraction of sp³-hybridized carbons (Fsp3) is 0.286. The fourth-order valence-corrected chi connectivity index (χ4v) is 2.46. The molecule has 0 aliphatic carbocycles. The van der Waals surface area contributed by atoms with Crippen LogP contribution >= 0.6 is 22.6 Å². The third-order valence-electron chi connectivity index (χ3n) is 2.93. The second-order valence-electron chi connectivity index (χ2n) is 4.38. The lowest BCUT2D eigenvalue weighted by atomic mass is 10.0. The maximum atomic E-state index is 12.0. The number of aryl methyl sites for hydroxylation is 2. The van der Waals surface area contributed by atoms with Gasteiger partial charge in [0.15, 0.2) is 0 Å². The number of halogens is 1. The fourth-order valence-electron chi connectivity index (χ4n) is 2.04. The van der Waals surface area contributed by atoms with E-state index in [9.17, 15) is 4.79 Å². The van der Waals surface area contributed by atoms with Crippen molar-refractivity contribution in [3.63, 3.8) is 0 Å². The Morgan fingerprint density at radius 3 is 2.53 bits per heavy atom. The summed E-state index contributed by atoms with van der Waals surface area (Å²) >= 11 is 2.00. The zero-order valence-electron chi connectivity index (χ0n) is 11.1. The molecule has 0 spiro atoms. The Hall–Kier alpha value is -1.21. The van der Waals surface area contributed by atoms with Crippen LogP contribution in [-0.4, -0.2) is 17.1 Å². The molecule has 0 saturated heterocycles. The van der Waals surface area contributed by atoms with Gasteiger partial charge in [0, 0.05) is 12.7 Å². The van der Waals surface area contributed by atoms with Crippen LogP contribution in [0.4, 0.5) is 0 Å². The smallest absolute Gasteiger partial charge is 0.264 e. The third kappa shape index (κ3) is 2.87. The Morgan fingerprint density at radius 2 is 1.95 bits per heavy atom. The lowest BCUT2D eigenvalue weighted by Crippen LogP contribution is -2.17. The zero-order valence-corrected chi connectivity index (χ0v) is 13.2. The van der Waals surface area contributed by atoms with Gasteiger partial charge in [0.25, 0.3) is 5.56 Å². The van der Waals surface area contributed by atoms with Crippen molar-refractivity contribution < 1.29 is 4.74 Å². The Labute approximate surface area is 125 Å². The minimum Gasteiger partial charge on any atom is -0.378 e. The molecule has 2 aromatic rings. The van der Waals surface area contributed by atoms with Gasteiger partial charge in [-0.1, -0.05) is 18.2 Å². The van der Waals surface area contributed by atoms with Crippen molar-refractivity contribution in [3.05, 3.63) is 48.9 Å². The number of methoxy groups -OCH3 is 1. The van der Waals surface area contributed by atoms with Gasteiger partial charge < -0.3 is 9.72 Å². The number of benzene rings is 1. The molecule has 0 radical (unpaired) electrons. The summed E-state index contributed by atoms with van der Waals surface area (Å²) in [5.41, 5.74) is 3.71. The molecule has 5 heteroatoms. The highest BCUT2D eigenvalue weighted by molar-refractivity contribution is 14.1. The SMILES string of the molecule is COCc1nc(-c2c(C)cccc2C)[nH]c(=O)c1I. The average Bonchev–Trinajstić information content (AvgIpc) is 2.35. The number of nitrogens with zero attached hydrogens (tertiary/aromatic N) is 1. The normalized spacial score (nSPS) is 10.7. The van der Waals surface area contributed by atoms with Crippen LogP contribution in [0, 0.1) is 17.4 Å². The van der Waals surface area contributed by atoms with Gasteiger partial charge in [0.1, 0.15) is 9.39 Å². The molecule has 1 aromatic carbocycles. The molecule has 0 unspecified atom stereocenters. The van der Waals surface area contributed by atoms with Crippen molar-refractivity contribution in [2.45, 2.75) is 20.5 Å². The molecule has 0 amide bonds. The predicted molar refractivity (Wildman–Crippen MR) is 83.2 cm³/mol. The van der Waals surface area contributed by atoms with Gasteiger partial charge in [-0.3, -0.25) is 4.79 Å². The van der Waals surface area contributed by atoms with Crippen LogP contribution in [0.3, 0.4) is 0 Å². The average molecular weight is 370 g/mol. The topological polar surface area (TPSA) is 55.0 Å². The molecule has 1 aromatic heterocycles. The molecule has 0 aliphatic rings. The molecule has 1 N–H and O–H groups in total. The molecule has 0 saturated carbocycles. The second-order valence-corrected chi connectivity index (χ2v) is 5.45. The molecule has 4 nitrogen and oxygen atoms in total. The Balaban J connectivity index is 2.67. The first kappa shape index (κ1) is 14.2. The van der Waals surface area contributed by atoms with Crippen LogP contribution in [-0.2, 0) is 11.3 Å². The highest BCUT2D eigenvalue weighted by atomic mass is 127. The summed E-state index contributed by atoms with van der Waals surface area (Å²) in [6.07, 6.45) is 0. The van der Waals surface area contributed by atoms with Crippen LogP contribution in [0.2, 0.25) is 0 Å². The molecule has 2 rings (SSSR count).